The number of alkyl halides is 3. The highest BCUT2D eigenvalue weighted by Gasteiger charge is 2.35. The predicted octanol–water partition coefficient (Wildman–Crippen LogP) is 9.66. The van der Waals surface area contributed by atoms with Crippen LogP contribution < -0.4 is 10.6 Å². The molecule has 0 aliphatic heterocycles. The maximum absolute atomic E-state index is 13.9. The molecule has 0 saturated carbocycles. The van der Waals surface area contributed by atoms with Gasteiger partial charge in [-0.2, -0.15) is 13.2 Å². The molecule has 1 heterocycles. The number of benzene rings is 3. The average Bonchev–Trinajstić information content (AvgIpc) is 3.14. The Morgan fingerprint density at radius 1 is 0.889 bits per heavy atom. The number of carbonyl (C=O) groups excluding carboxylic acids is 1. The number of halogens is 4. The number of rotatable bonds is 5. The number of nitrogens with one attached hydrogen (secondary N) is 2. The standard InChI is InChI=1S/C28H26ClF3N2O2/c1-15(2)18-9-7-10-19(16(3)4)25(18)33-27(35)34-26-24(21-14-17(29)12-13-23(21)36-26)20-8-5-6-11-22(20)28(30,31)32/h5-16H,1-4H3,(H2,33,34,35). The molecule has 188 valence electrons. The van der Waals surface area contributed by atoms with E-state index in [1.165, 1.54) is 24.3 Å². The van der Waals surface area contributed by atoms with Gasteiger partial charge in [0.25, 0.3) is 0 Å². The largest absolute Gasteiger partial charge is 0.440 e. The maximum Gasteiger partial charge on any atom is 0.417 e. The highest BCUT2D eigenvalue weighted by molar-refractivity contribution is 6.31. The number of carbonyl (C=O) groups is 1. The number of furan rings is 1. The first-order valence-electron chi connectivity index (χ1n) is 11.6. The van der Waals surface area contributed by atoms with Crippen molar-refractivity contribution in [2.24, 2.45) is 0 Å². The van der Waals surface area contributed by atoms with Gasteiger partial charge in [0.1, 0.15) is 5.58 Å². The van der Waals surface area contributed by atoms with Gasteiger partial charge in [-0.1, -0.05) is 75.7 Å². The summed E-state index contributed by atoms with van der Waals surface area (Å²) in [5, 5.41) is 6.25. The molecule has 4 aromatic rings. The minimum absolute atomic E-state index is 0.102. The minimum atomic E-state index is -4.61. The molecule has 36 heavy (non-hydrogen) atoms. The molecule has 4 nitrogen and oxygen atoms in total. The van der Waals surface area contributed by atoms with Crippen LogP contribution in [-0.2, 0) is 6.18 Å². The van der Waals surface area contributed by atoms with Crippen molar-refractivity contribution < 1.29 is 22.4 Å². The quantitative estimate of drug-likeness (QED) is 0.278. The summed E-state index contributed by atoms with van der Waals surface area (Å²) in [5.74, 6) is 0.178. The van der Waals surface area contributed by atoms with Crippen LogP contribution in [0.25, 0.3) is 22.1 Å². The number of anilines is 2. The summed E-state index contributed by atoms with van der Waals surface area (Å²) in [4.78, 5) is 13.2. The molecule has 0 radical (unpaired) electrons. The molecular formula is C28H26ClF3N2O2. The summed E-state index contributed by atoms with van der Waals surface area (Å²) in [5.41, 5.74) is 2.03. The van der Waals surface area contributed by atoms with E-state index in [0.29, 0.717) is 21.7 Å². The van der Waals surface area contributed by atoms with E-state index < -0.39 is 17.8 Å². The van der Waals surface area contributed by atoms with Crippen molar-refractivity contribution in [1.82, 2.24) is 0 Å². The molecule has 4 rings (SSSR count). The Hall–Kier alpha value is -3.45. The summed E-state index contributed by atoms with van der Waals surface area (Å²) in [7, 11) is 0. The van der Waals surface area contributed by atoms with Gasteiger partial charge in [-0.05, 0) is 52.8 Å². The summed E-state index contributed by atoms with van der Waals surface area (Å²) < 4.78 is 47.5. The highest BCUT2D eigenvalue weighted by Crippen LogP contribution is 2.45. The van der Waals surface area contributed by atoms with Crippen LogP contribution in [0.1, 0.15) is 56.2 Å². The van der Waals surface area contributed by atoms with Crippen molar-refractivity contribution in [1.29, 1.82) is 0 Å². The van der Waals surface area contributed by atoms with E-state index in [1.807, 2.05) is 45.9 Å². The topological polar surface area (TPSA) is 54.3 Å². The van der Waals surface area contributed by atoms with E-state index in [4.69, 9.17) is 16.0 Å². The smallest absolute Gasteiger partial charge is 0.417 e. The van der Waals surface area contributed by atoms with E-state index in [0.717, 1.165) is 17.2 Å². The zero-order valence-corrected chi connectivity index (χ0v) is 21.0. The van der Waals surface area contributed by atoms with E-state index in [1.54, 1.807) is 12.1 Å². The van der Waals surface area contributed by atoms with Gasteiger partial charge >= 0.3 is 12.2 Å². The Kier molecular flexibility index (Phi) is 7.05. The fourth-order valence-electron chi connectivity index (χ4n) is 4.32. The summed E-state index contributed by atoms with van der Waals surface area (Å²) in [6.45, 7) is 8.10. The van der Waals surface area contributed by atoms with Gasteiger partial charge in [0, 0.05) is 16.1 Å². The van der Waals surface area contributed by atoms with E-state index in [-0.39, 0.29) is 28.8 Å². The molecule has 0 fully saturated rings. The zero-order valence-electron chi connectivity index (χ0n) is 20.3. The number of urea groups is 1. The van der Waals surface area contributed by atoms with Crippen molar-refractivity contribution in [3.63, 3.8) is 0 Å². The second kappa shape index (κ2) is 9.90. The molecular weight excluding hydrogens is 489 g/mol. The van der Waals surface area contributed by atoms with Gasteiger partial charge in [0.2, 0.25) is 5.88 Å². The number of hydrogen-bond acceptors (Lipinski definition) is 2. The minimum Gasteiger partial charge on any atom is -0.440 e. The van der Waals surface area contributed by atoms with Crippen molar-refractivity contribution >= 4 is 40.2 Å². The Labute approximate surface area is 212 Å². The number of amides is 2. The molecule has 3 aromatic carbocycles. The lowest BCUT2D eigenvalue weighted by molar-refractivity contribution is -0.137. The van der Waals surface area contributed by atoms with Crippen LogP contribution in [0, 0.1) is 0 Å². The van der Waals surface area contributed by atoms with Crippen LogP contribution in [0.4, 0.5) is 29.5 Å². The summed E-state index contributed by atoms with van der Waals surface area (Å²) in [6, 6.07) is 15.0. The highest BCUT2D eigenvalue weighted by atomic mass is 35.5. The average molecular weight is 515 g/mol. The molecule has 0 atom stereocenters. The fraction of sp³-hybridized carbons (Fsp3) is 0.250. The van der Waals surface area contributed by atoms with E-state index in [9.17, 15) is 18.0 Å². The van der Waals surface area contributed by atoms with Crippen LogP contribution in [0.3, 0.4) is 0 Å². The van der Waals surface area contributed by atoms with Crippen molar-refractivity contribution in [3.8, 4) is 11.1 Å². The lowest BCUT2D eigenvalue weighted by Crippen LogP contribution is -2.22. The second-order valence-corrected chi connectivity index (χ2v) is 9.63. The third-order valence-corrected chi connectivity index (χ3v) is 6.23. The van der Waals surface area contributed by atoms with Gasteiger partial charge in [0.15, 0.2) is 0 Å². The second-order valence-electron chi connectivity index (χ2n) is 9.19. The summed E-state index contributed by atoms with van der Waals surface area (Å²) in [6.07, 6.45) is -4.61. The molecule has 0 bridgehead atoms. The number of para-hydroxylation sites is 1. The van der Waals surface area contributed by atoms with Crippen molar-refractivity contribution in [2.75, 3.05) is 10.6 Å². The van der Waals surface area contributed by atoms with Gasteiger partial charge < -0.3 is 9.73 Å². The number of hydrogen-bond donors (Lipinski definition) is 2. The Bertz CT molecular complexity index is 1400. The molecule has 0 unspecified atom stereocenters. The zero-order chi connectivity index (χ0) is 26.2. The molecule has 0 aliphatic rings. The SMILES string of the molecule is CC(C)c1cccc(C(C)C)c1NC(=O)Nc1oc2ccc(Cl)cc2c1-c1ccccc1C(F)(F)F. The maximum atomic E-state index is 13.9. The molecule has 0 spiro atoms. The first-order valence-corrected chi connectivity index (χ1v) is 11.9. The normalized spacial score (nSPS) is 11.9. The molecule has 2 amide bonds. The monoisotopic (exact) mass is 514 g/mol. The van der Waals surface area contributed by atoms with Crippen LogP contribution >= 0.6 is 11.6 Å². The molecule has 0 saturated heterocycles. The van der Waals surface area contributed by atoms with Gasteiger partial charge in [-0.25, -0.2) is 4.79 Å². The van der Waals surface area contributed by atoms with Crippen LogP contribution in [-0.4, -0.2) is 6.03 Å². The molecule has 1 aromatic heterocycles. The van der Waals surface area contributed by atoms with Crippen molar-refractivity contribution in [3.05, 3.63) is 82.4 Å². The van der Waals surface area contributed by atoms with Gasteiger partial charge in [-0.15, -0.1) is 0 Å². The Balaban J connectivity index is 1.81. The Morgan fingerprint density at radius 2 is 1.53 bits per heavy atom. The lowest BCUT2D eigenvalue weighted by Gasteiger charge is -2.20. The number of fused-ring (bicyclic) bond motifs is 1. The fourth-order valence-corrected chi connectivity index (χ4v) is 4.49. The molecule has 2 N–H and O–H groups in total. The predicted molar refractivity (Wildman–Crippen MR) is 139 cm³/mol. The van der Waals surface area contributed by atoms with Crippen LogP contribution in [0.5, 0.6) is 0 Å². The van der Waals surface area contributed by atoms with Crippen molar-refractivity contribution in [2.45, 2.75) is 45.7 Å². The third kappa shape index (κ3) is 5.07. The van der Waals surface area contributed by atoms with E-state index >= 15 is 0 Å². The van der Waals surface area contributed by atoms with Gasteiger partial charge in [-0.3, -0.25) is 5.32 Å². The third-order valence-electron chi connectivity index (χ3n) is 5.99. The first-order chi connectivity index (χ1) is 17.0. The Morgan fingerprint density at radius 3 is 2.14 bits per heavy atom. The molecule has 8 heteroatoms. The lowest BCUT2D eigenvalue weighted by atomic mass is 9.93. The summed E-state index contributed by atoms with van der Waals surface area (Å²) >= 11 is 6.16. The van der Waals surface area contributed by atoms with Gasteiger partial charge in [0.05, 0.1) is 11.1 Å². The first kappa shape index (κ1) is 25.6. The van der Waals surface area contributed by atoms with E-state index in [2.05, 4.69) is 10.6 Å². The van der Waals surface area contributed by atoms with Crippen LogP contribution in [0.2, 0.25) is 5.02 Å². The van der Waals surface area contributed by atoms with Crippen LogP contribution in [0.15, 0.2) is 65.1 Å². The molecule has 0 aliphatic carbocycles.